The normalized spacial score (nSPS) is 10.5. The van der Waals surface area contributed by atoms with Crippen molar-refractivity contribution in [1.29, 1.82) is 0 Å². The van der Waals surface area contributed by atoms with Crippen LogP contribution in [0.3, 0.4) is 0 Å². The molecule has 0 radical (unpaired) electrons. The third-order valence-electron chi connectivity index (χ3n) is 2.74. The zero-order valence-corrected chi connectivity index (χ0v) is 13.0. The maximum atomic E-state index is 12.2. The number of benzene rings is 1. The first kappa shape index (κ1) is 14.2. The fraction of sp³-hybridized carbons (Fsp3) is 0.214. The first-order valence-electron chi connectivity index (χ1n) is 5.94. The summed E-state index contributed by atoms with van der Waals surface area (Å²) < 4.78 is 2.76. The lowest BCUT2D eigenvalue weighted by Crippen LogP contribution is -2.16. The maximum absolute atomic E-state index is 12.2. The van der Waals surface area contributed by atoms with Crippen LogP contribution in [-0.4, -0.2) is 10.5 Å². The Kier molecular flexibility index (Phi) is 4.32. The zero-order valence-electron chi connectivity index (χ0n) is 10.7. The Morgan fingerprint density at radius 2 is 2.11 bits per heavy atom. The van der Waals surface area contributed by atoms with Gasteiger partial charge in [0.15, 0.2) is 0 Å². The van der Waals surface area contributed by atoms with Crippen molar-refractivity contribution in [3.8, 4) is 0 Å². The molecule has 0 fully saturated rings. The van der Waals surface area contributed by atoms with Crippen molar-refractivity contribution in [2.45, 2.75) is 20.4 Å². The Morgan fingerprint density at radius 1 is 1.37 bits per heavy atom. The van der Waals surface area contributed by atoms with Crippen LogP contribution in [-0.2, 0) is 6.54 Å². The van der Waals surface area contributed by atoms with Crippen molar-refractivity contribution in [3.63, 3.8) is 0 Å². The SMILES string of the molecule is CCn1cc(Cl)cc1C(=O)Nc1cc(C)cc(Br)c1. The molecule has 0 aliphatic rings. The lowest BCUT2D eigenvalue weighted by Gasteiger charge is -2.09. The molecular weight excluding hydrogens is 328 g/mol. The standard InChI is InChI=1S/C14H14BrClN2O/c1-3-18-8-11(16)7-13(18)14(19)17-12-5-9(2)4-10(15)6-12/h4-8H,3H2,1-2H3,(H,17,19). The molecule has 0 saturated carbocycles. The molecule has 5 heteroatoms. The molecule has 2 rings (SSSR count). The highest BCUT2D eigenvalue weighted by Crippen LogP contribution is 2.21. The number of halogens is 2. The smallest absolute Gasteiger partial charge is 0.272 e. The summed E-state index contributed by atoms with van der Waals surface area (Å²) in [6, 6.07) is 7.45. The maximum Gasteiger partial charge on any atom is 0.272 e. The number of hydrogen-bond donors (Lipinski definition) is 1. The van der Waals surface area contributed by atoms with Gasteiger partial charge in [-0.15, -0.1) is 0 Å². The van der Waals surface area contributed by atoms with Gasteiger partial charge in [0.2, 0.25) is 0 Å². The quantitative estimate of drug-likeness (QED) is 0.877. The fourth-order valence-corrected chi connectivity index (χ4v) is 2.76. The van der Waals surface area contributed by atoms with E-state index < -0.39 is 0 Å². The molecule has 0 unspecified atom stereocenters. The van der Waals surface area contributed by atoms with Gasteiger partial charge in [-0.2, -0.15) is 0 Å². The summed E-state index contributed by atoms with van der Waals surface area (Å²) in [5, 5.41) is 3.45. The van der Waals surface area contributed by atoms with Gasteiger partial charge in [0, 0.05) is 22.9 Å². The van der Waals surface area contributed by atoms with E-state index in [4.69, 9.17) is 11.6 Å². The number of amides is 1. The first-order valence-corrected chi connectivity index (χ1v) is 7.11. The summed E-state index contributed by atoms with van der Waals surface area (Å²) in [4.78, 5) is 12.2. The largest absolute Gasteiger partial charge is 0.342 e. The van der Waals surface area contributed by atoms with Gasteiger partial charge in [-0.05, 0) is 43.7 Å². The Morgan fingerprint density at radius 3 is 2.74 bits per heavy atom. The third-order valence-corrected chi connectivity index (χ3v) is 3.40. The Balaban J connectivity index is 2.25. The van der Waals surface area contributed by atoms with Crippen LogP contribution < -0.4 is 5.32 Å². The Labute approximate surface area is 125 Å². The number of nitrogens with zero attached hydrogens (tertiary/aromatic N) is 1. The minimum absolute atomic E-state index is 0.161. The van der Waals surface area contributed by atoms with Crippen LogP contribution in [0, 0.1) is 6.92 Å². The number of anilines is 1. The van der Waals surface area contributed by atoms with Crippen molar-refractivity contribution in [2.24, 2.45) is 0 Å². The molecule has 0 aliphatic heterocycles. The van der Waals surface area contributed by atoms with Crippen molar-refractivity contribution < 1.29 is 4.79 Å². The fourth-order valence-electron chi connectivity index (χ4n) is 1.93. The second-order valence-electron chi connectivity index (χ2n) is 4.30. The van der Waals surface area contributed by atoms with Crippen LogP contribution in [0.5, 0.6) is 0 Å². The Bertz CT molecular complexity index is 602. The lowest BCUT2D eigenvalue weighted by atomic mass is 10.2. The van der Waals surface area contributed by atoms with Crippen molar-refractivity contribution in [3.05, 3.63) is 51.2 Å². The van der Waals surface area contributed by atoms with Gasteiger partial charge >= 0.3 is 0 Å². The van der Waals surface area contributed by atoms with E-state index in [9.17, 15) is 4.79 Å². The van der Waals surface area contributed by atoms with E-state index in [1.807, 2.05) is 36.6 Å². The molecule has 0 spiro atoms. The number of aryl methyl sites for hydroxylation is 2. The van der Waals surface area contributed by atoms with Gasteiger partial charge in [-0.1, -0.05) is 27.5 Å². The second kappa shape index (κ2) is 5.80. The van der Waals surface area contributed by atoms with Gasteiger partial charge in [0.1, 0.15) is 5.69 Å². The topological polar surface area (TPSA) is 34.0 Å². The number of carbonyl (C=O) groups excluding carboxylic acids is 1. The molecule has 3 nitrogen and oxygen atoms in total. The van der Waals surface area contributed by atoms with Crippen LogP contribution in [0.2, 0.25) is 5.02 Å². The predicted molar refractivity (Wildman–Crippen MR) is 81.9 cm³/mol. The van der Waals surface area contributed by atoms with E-state index >= 15 is 0 Å². The molecule has 1 heterocycles. The van der Waals surface area contributed by atoms with Crippen LogP contribution in [0.25, 0.3) is 0 Å². The van der Waals surface area contributed by atoms with Crippen LogP contribution >= 0.6 is 27.5 Å². The van der Waals surface area contributed by atoms with Crippen LogP contribution in [0.15, 0.2) is 34.9 Å². The lowest BCUT2D eigenvalue weighted by molar-refractivity contribution is 0.101. The Hall–Kier alpha value is -1.26. The van der Waals surface area contributed by atoms with E-state index in [-0.39, 0.29) is 5.91 Å². The number of carbonyl (C=O) groups is 1. The molecule has 0 saturated heterocycles. The molecule has 19 heavy (non-hydrogen) atoms. The zero-order chi connectivity index (χ0) is 14.0. The van der Waals surface area contributed by atoms with E-state index in [1.165, 1.54) is 0 Å². The summed E-state index contributed by atoms with van der Waals surface area (Å²) in [6.45, 7) is 4.65. The van der Waals surface area contributed by atoms with Gasteiger partial charge in [0.05, 0.1) is 5.02 Å². The highest BCUT2D eigenvalue weighted by molar-refractivity contribution is 9.10. The second-order valence-corrected chi connectivity index (χ2v) is 5.65. The first-order chi connectivity index (χ1) is 8.99. The molecule has 1 aromatic heterocycles. The van der Waals surface area contributed by atoms with E-state index in [0.29, 0.717) is 17.3 Å². The summed E-state index contributed by atoms with van der Waals surface area (Å²) >= 11 is 9.35. The summed E-state index contributed by atoms with van der Waals surface area (Å²) in [5.74, 6) is -0.161. The van der Waals surface area contributed by atoms with Crippen LogP contribution in [0.4, 0.5) is 5.69 Å². The number of nitrogens with one attached hydrogen (secondary N) is 1. The molecule has 2 aromatic rings. The predicted octanol–water partition coefficient (Wildman–Crippen LogP) is 4.48. The summed E-state index contributed by atoms with van der Waals surface area (Å²) in [6.07, 6.45) is 1.75. The monoisotopic (exact) mass is 340 g/mol. The van der Waals surface area contributed by atoms with Crippen molar-refractivity contribution in [2.75, 3.05) is 5.32 Å². The highest BCUT2D eigenvalue weighted by atomic mass is 79.9. The van der Waals surface area contributed by atoms with Crippen molar-refractivity contribution >= 4 is 39.1 Å². The van der Waals surface area contributed by atoms with E-state index in [2.05, 4.69) is 21.2 Å². The summed E-state index contributed by atoms with van der Waals surface area (Å²) in [5.41, 5.74) is 2.40. The minimum atomic E-state index is -0.161. The van der Waals surface area contributed by atoms with Gasteiger partial charge in [-0.25, -0.2) is 0 Å². The average molecular weight is 342 g/mol. The highest BCUT2D eigenvalue weighted by Gasteiger charge is 2.12. The number of rotatable bonds is 3. The molecule has 1 aromatic carbocycles. The molecule has 100 valence electrons. The van der Waals surface area contributed by atoms with E-state index in [0.717, 1.165) is 15.7 Å². The van der Waals surface area contributed by atoms with Crippen LogP contribution in [0.1, 0.15) is 23.0 Å². The number of hydrogen-bond acceptors (Lipinski definition) is 1. The molecule has 1 amide bonds. The van der Waals surface area contributed by atoms with E-state index in [1.54, 1.807) is 12.3 Å². The molecule has 0 aliphatic carbocycles. The van der Waals surface area contributed by atoms with Gasteiger partial charge < -0.3 is 9.88 Å². The molecule has 0 atom stereocenters. The van der Waals surface area contributed by atoms with Gasteiger partial charge in [0.25, 0.3) is 5.91 Å². The van der Waals surface area contributed by atoms with Gasteiger partial charge in [-0.3, -0.25) is 4.79 Å². The molecular formula is C14H14BrClN2O. The summed E-state index contributed by atoms with van der Waals surface area (Å²) in [7, 11) is 0. The molecule has 1 N–H and O–H groups in total. The minimum Gasteiger partial charge on any atom is -0.342 e. The average Bonchev–Trinajstić information content (AvgIpc) is 2.69. The third kappa shape index (κ3) is 3.39. The van der Waals surface area contributed by atoms with Crippen molar-refractivity contribution in [1.82, 2.24) is 4.57 Å². The molecule has 0 bridgehead atoms. The number of aromatic nitrogens is 1.